The summed E-state index contributed by atoms with van der Waals surface area (Å²) in [4.78, 5) is 21.9. The van der Waals surface area contributed by atoms with Gasteiger partial charge in [-0.15, -0.1) is 0 Å². The van der Waals surface area contributed by atoms with E-state index in [0.29, 0.717) is 12.0 Å². The Morgan fingerprint density at radius 1 is 1.41 bits per heavy atom. The monoisotopic (exact) mass is 233 g/mol. The van der Waals surface area contributed by atoms with Crippen molar-refractivity contribution in [3.05, 3.63) is 35.9 Å². The smallest absolute Gasteiger partial charge is 0.253 e. The van der Waals surface area contributed by atoms with Crippen molar-refractivity contribution >= 4 is 24.0 Å². The third-order valence-corrected chi connectivity index (χ3v) is 2.30. The van der Waals surface area contributed by atoms with E-state index in [4.69, 9.17) is 4.74 Å². The molecule has 4 heteroatoms. The number of hydrogen-bond acceptors (Lipinski definition) is 3. The van der Waals surface area contributed by atoms with Crippen LogP contribution in [0.4, 0.5) is 5.69 Å². The van der Waals surface area contributed by atoms with Crippen LogP contribution in [0.3, 0.4) is 0 Å². The molecule has 0 aliphatic rings. The van der Waals surface area contributed by atoms with E-state index in [2.05, 4.69) is 5.32 Å². The Balaban J connectivity index is 2.86. The Morgan fingerprint density at radius 2 is 2.12 bits per heavy atom. The molecule has 1 aromatic carbocycles. The Bertz CT molecular complexity index is 426. The molecule has 1 aromatic rings. The maximum atomic E-state index is 11.6. The lowest BCUT2D eigenvalue weighted by Gasteiger charge is -2.12. The lowest BCUT2D eigenvalue weighted by Crippen LogP contribution is -2.26. The number of benzene rings is 1. The van der Waals surface area contributed by atoms with E-state index < -0.39 is 6.10 Å². The topological polar surface area (TPSA) is 55.4 Å². The molecule has 0 aliphatic carbocycles. The van der Waals surface area contributed by atoms with Crippen LogP contribution in [0.25, 0.3) is 6.08 Å². The van der Waals surface area contributed by atoms with Gasteiger partial charge in [0, 0.05) is 12.8 Å². The molecule has 0 aromatic heterocycles. The molecule has 0 spiro atoms. The van der Waals surface area contributed by atoms with Crippen LogP contribution < -0.4 is 5.32 Å². The van der Waals surface area contributed by atoms with Gasteiger partial charge in [-0.2, -0.15) is 0 Å². The number of nitrogens with one attached hydrogen (secondary N) is 1. The maximum Gasteiger partial charge on any atom is 0.253 e. The summed E-state index contributed by atoms with van der Waals surface area (Å²) in [6.07, 6.45) is 3.19. The highest BCUT2D eigenvalue weighted by molar-refractivity contribution is 5.96. The molecule has 1 rings (SSSR count). The summed E-state index contributed by atoms with van der Waals surface area (Å²) < 4.78 is 4.92. The van der Waals surface area contributed by atoms with Gasteiger partial charge in [-0.25, -0.2) is 0 Å². The lowest BCUT2D eigenvalue weighted by molar-refractivity contribution is -0.124. The van der Waals surface area contributed by atoms with Gasteiger partial charge in [0.1, 0.15) is 12.4 Å². The number of aldehydes is 1. The number of ether oxygens (including phenoxy) is 1. The van der Waals surface area contributed by atoms with Gasteiger partial charge in [0.2, 0.25) is 0 Å². The number of amides is 1. The van der Waals surface area contributed by atoms with Crippen LogP contribution in [0.5, 0.6) is 0 Å². The summed E-state index contributed by atoms with van der Waals surface area (Å²) in [7, 11) is 1.47. The van der Waals surface area contributed by atoms with E-state index in [-0.39, 0.29) is 5.91 Å². The molecular formula is C13H15NO3. The average Bonchev–Trinajstić information content (AvgIpc) is 2.36. The largest absolute Gasteiger partial charge is 0.372 e. The second-order valence-electron chi connectivity index (χ2n) is 3.45. The van der Waals surface area contributed by atoms with Gasteiger partial charge < -0.3 is 10.1 Å². The molecule has 0 saturated heterocycles. The first-order chi connectivity index (χ1) is 8.19. The SMILES string of the molecule is COC(C)C(=O)Nc1ccccc1/C=C/C=O. The fraction of sp³-hybridized carbons (Fsp3) is 0.231. The van der Waals surface area contributed by atoms with Crippen LogP contribution in [-0.2, 0) is 14.3 Å². The summed E-state index contributed by atoms with van der Waals surface area (Å²) in [5.74, 6) is -0.223. The summed E-state index contributed by atoms with van der Waals surface area (Å²) in [5.41, 5.74) is 1.43. The van der Waals surface area contributed by atoms with E-state index >= 15 is 0 Å². The maximum absolute atomic E-state index is 11.6. The van der Waals surface area contributed by atoms with Crippen LogP contribution in [-0.4, -0.2) is 25.4 Å². The number of rotatable bonds is 5. The van der Waals surface area contributed by atoms with Crippen molar-refractivity contribution in [2.75, 3.05) is 12.4 Å². The van der Waals surface area contributed by atoms with Crippen molar-refractivity contribution in [2.24, 2.45) is 0 Å². The van der Waals surface area contributed by atoms with Crippen LogP contribution >= 0.6 is 0 Å². The molecule has 90 valence electrons. The van der Waals surface area contributed by atoms with Gasteiger partial charge in [-0.1, -0.05) is 18.2 Å². The number of carbonyl (C=O) groups is 2. The first kappa shape index (κ1) is 13.1. The number of allylic oxidation sites excluding steroid dienone is 1. The summed E-state index contributed by atoms with van der Waals surface area (Å²) in [5, 5.41) is 2.74. The number of para-hydroxylation sites is 1. The van der Waals surface area contributed by atoms with Crippen LogP contribution in [0.2, 0.25) is 0 Å². The van der Waals surface area contributed by atoms with Crippen molar-refractivity contribution in [1.29, 1.82) is 0 Å². The predicted octanol–water partition coefficient (Wildman–Crippen LogP) is 1.87. The van der Waals surface area contributed by atoms with Gasteiger partial charge >= 0.3 is 0 Å². The standard InChI is InChI=1S/C13H15NO3/c1-10(17-2)13(16)14-12-8-4-3-6-11(12)7-5-9-15/h3-10H,1-2H3,(H,14,16)/b7-5+. The Morgan fingerprint density at radius 3 is 2.76 bits per heavy atom. The van der Waals surface area contributed by atoms with Crippen molar-refractivity contribution in [3.8, 4) is 0 Å². The molecule has 0 heterocycles. The molecule has 4 nitrogen and oxygen atoms in total. The fourth-order valence-electron chi connectivity index (χ4n) is 1.24. The van der Waals surface area contributed by atoms with Crippen LogP contribution in [0, 0.1) is 0 Å². The molecule has 0 fully saturated rings. The highest BCUT2D eigenvalue weighted by atomic mass is 16.5. The van der Waals surface area contributed by atoms with E-state index in [1.165, 1.54) is 13.2 Å². The Labute approximate surface area is 100 Å². The van der Waals surface area contributed by atoms with Crippen molar-refractivity contribution in [2.45, 2.75) is 13.0 Å². The molecule has 17 heavy (non-hydrogen) atoms. The number of carbonyl (C=O) groups excluding carboxylic acids is 2. The minimum atomic E-state index is -0.516. The predicted molar refractivity (Wildman–Crippen MR) is 66.6 cm³/mol. The summed E-state index contributed by atoms with van der Waals surface area (Å²) in [6.45, 7) is 1.67. The molecule has 1 N–H and O–H groups in total. The number of hydrogen-bond donors (Lipinski definition) is 1. The summed E-state index contributed by atoms with van der Waals surface area (Å²) in [6, 6.07) is 7.23. The number of anilines is 1. The summed E-state index contributed by atoms with van der Waals surface area (Å²) >= 11 is 0. The fourth-order valence-corrected chi connectivity index (χ4v) is 1.24. The first-order valence-corrected chi connectivity index (χ1v) is 5.23. The molecule has 1 atom stereocenters. The highest BCUT2D eigenvalue weighted by Gasteiger charge is 2.12. The average molecular weight is 233 g/mol. The second kappa shape index (κ2) is 6.60. The zero-order valence-electron chi connectivity index (χ0n) is 9.84. The van der Waals surface area contributed by atoms with E-state index in [1.807, 2.05) is 18.2 Å². The molecule has 1 unspecified atom stereocenters. The quantitative estimate of drug-likeness (QED) is 0.624. The van der Waals surface area contributed by atoms with Crippen LogP contribution in [0.1, 0.15) is 12.5 Å². The first-order valence-electron chi connectivity index (χ1n) is 5.23. The second-order valence-corrected chi connectivity index (χ2v) is 3.45. The van der Waals surface area contributed by atoms with Crippen molar-refractivity contribution in [1.82, 2.24) is 0 Å². The van der Waals surface area contributed by atoms with E-state index in [1.54, 1.807) is 19.1 Å². The van der Waals surface area contributed by atoms with Crippen molar-refractivity contribution in [3.63, 3.8) is 0 Å². The minimum Gasteiger partial charge on any atom is -0.372 e. The van der Waals surface area contributed by atoms with Gasteiger partial charge in [-0.3, -0.25) is 9.59 Å². The minimum absolute atomic E-state index is 0.223. The Kier molecular flexibility index (Phi) is 5.10. The normalized spacial score (nSPS) is 12.4. The lowest BCUT2D eigenvalue weighted by atomic mass is 10.1. The molecule has 0 aliphatic heterocycles. The number of methoxy groups -OCH3 is 1. The molecule has 1 amide bonds. The Hall–Kier alpha value is -1.94. The molecule has 0 bridgehead atoms. The van der Waals surface area contributed by atoms with Gasteiger partial charge in [0.05, 0.1) is 0 Å². The van der Waals surface area contributed by atoms with Gasteiger partial charge in [0.25, 0.3) is 5.91 Å². The molecule has 0 saturated carbocycles. The third-order valence-electron chi connectivity index (χ3n) is 2.30. The zero-order chi connectivity index (χ0) is 12.7. The van der Waals surface area contributed by atoms with Crippen molar-refractivity contribution < 1.29 is 14.3 Å². The third kappa shape index (κ3) is 3.85. The zero-order valence-corrected chi connectivity index (χ0v) is 9.84. The van der Waals surface area contributed by atoms with E-state index in [9.17, 15) is 9.59 Å². The molecule has 0 radical (unpaired) electrons. The van der Waals surface area contributed by atoms with Gasteiger partial charge in [0.15, 0.2) is 0 Å². The van der Waals surface area contributed by atoms with E-state index in [0.717, 1.165) is 5.56 Å². The van der Waals surface area contributed by atoms with Crippen LogP contribution in [0.15, 0.2) is 30.3 Å². The van der Waals surface area contributed by atoms with Gasteiger partial charge in [-0.05, 0) is 30.7 Å². The molecular weight excluding hydrogens is 218 g/mol. The highest BCUT2D eigenvalue weighted by Crippen LogP contribution is 2.16.